The molecular weight excluding hydrogens is 312 g/mol. The molecule has 1 heterocycles. The maximum atomic E-state index is 13.0. The first-order valence-corrected chi connectivity index (χ1v) is 9.10. The Kier molecular flexibility index (Phi) is 5.70. The van der Waals surface area contributed by atoms with Crippen LogP contribution in [0, 0.1) is 17.3 Å². The van der Waals surface area contributed by atoms with Crippen LogP contribution in [0.5, 0.6) is 0 Å². The van der Waals surface area contributed by atoms with Crippen molar-refractivity contribution >= 4 is 18.3 Å². The fraction of sp³-hybridized carbons (Fsp3) is 0.944. The molecule has 0 spiro atoms. The molecule has 4 nitrogen and oxygen atoms in total. The minimum Gasteiger partial charge on any atom is -0.377 e. The average Bonchev–Trinajstić information content (AvgIpc) is 2.54. The lowest BCUT2D eigenvalue weighted by Gasteiger charge is -2.65. The number of amides is 1. The van der Waals surface area contributed by atoms with Crippen LogP contribution < -0.4 is 11.1 Å². The molecule has 3 rings (SSSR count). The van der Waals surface area contributed by atoms with E-state index in [0.29, 0.717) is 5.92 Å². The highest BCUT2D eigenvalue weighted by Gasteiger charge is 2.70. The van der Waals surface area contributed by atoms with Crippen molar-refractivity contribution in [3.63, 3.8) is 0 Å². The number of carbonyl (C=O) groups is 1. The molecule has 0 bridgehead atoms. The molecule has 0 aromatic carbocycles. The van der Waals surface area contributed by atoms with Gasteiger partial charge in [-0.3, -0.25) is 4.79 Å². The number of carbonyl (C=O) groups excluding carboxylic acids is 1. The second-order valence-corrected chi connectivity index (χ2v) is 8.29. The topological polar surface area (TPSA) is 64.4 Å². The number of rotatable bonds is 3. The molecule has 0 aromatic rings. The van der Waals surface area contributed by atoms with E-state index >= 15 is 0 Å². The highest BCUT2D eigenvalue weighted by Crippen LogP contribution is 2.57. The molecule has 2 aliphatic carbocycles. The average molecular weight is 345 g/mol. The van der Waals surface area contributed by atoms with Gasteiger partial charge in [-0.15, -0.1) is 12.4 Å². The molecule has 3 aliphatic rings. The number of halogens is 1. The maximum Gasteiger partial charge on any atom is 0.241 e. The Balaban J connectivity index is 0.00000192. The van der Waals surface area contributed by atoms with Gasteiger partial charge in [0.15, 0.2) is 0 Å². The molecule has 23 heavy (non-hydrogen) atoms. The molecule has 1 aliphatic heterocycles. The van der Waals surface area contributed by atoms with E-state index in [-0.39, 0.29) is 41.8 Å². The van der Waals surface area contributed by atoms with Crippen LogP contribution >= 0.6 is 12.4 Å². The van der Waals surface area contributed by atoms with Crippen LogP contribution in [0.25, 0.3) is 0 Å². The van der Waals surface area contributed by atoms with E-state index in [1.165, 1.54) is 32.1 Å². The number of fused-ring (bicyclic) bond motifs is 1. The molecule has 3 N–H and O–H groups in total. The maximum absolute atomic E-state index is 13.0. The van der Waals surface area contributed by atoms with Crippen LogP contribution in [-0.4, -0.2) is 30.2 Å². The number of hydrogen-bond donors (Lipinski definition) is 2. The van der Waals surface area contributed by atoms with Crippen molar-refractivity contribution in [2.24, 2.45) is 23.0 Å². The molecule has 3 fully saturated rings. The van der Waals surface area contributed by atoms with Gasteiger partial charge < -0.3 is 15.8 Å². The zero-order valence-corrected chi connectivity index (χ0v) is 15.6. The molecule has 1 amide bonds. The van der Waals surface area contributed by atoms with E-state index in [1.54, 1.807) is 0 Å². The lowest BCUT2D eigenvalue weighted by molar-refractivity contribution is -0.225. The zero-order valence-electron chi connectivity index (χ0n) is 14.8. The summed E-state index contributed by atoms with van der Waals surface area (Å²) >= 11 is 0. The standard InChI is InChI=1S/C18H32N2O2.ClH/c1-12(13-8-5-4-6-9-13)20-16(21)18(19)14-10-7-11-22-15(14)17(18,2)3;/h12-15H,4-11,19H2,1-3H3,(H,20,21);1H. The van der Waals surface area contributed by atoms with Crippen LogP contribution in [0.4, 0.5) is 0 Å². The summed E-state index contributed by atoms with van der Waals surface area (Å²) < 4.78 is 5.90. The van der Waals surface area contributed by atoms with Crippen molar-refractivity contribution in [1.29, 1.82) is 0 Å². The Morgan fingerprint density at radius 1 is 1.17 bits per heavy atom. The highest BCUT2D eigenvalue weighted by molar-refractivity contribution is 5.89. The first-order chi connectivity index (χ1) is 10.4. The van der Waals surface area contributed by atoms with Crippen molar-refractivity contribution in [3.05, 3.63) is 0 Å². The first kappa shape index (κ1) is 19.0. The Morgan fingerprint density at radius 3 is 2.48 bits per heavy atom. The van der Waals surface area contributed by atoms with Crippen molar-refractivity contribution in [2.45, 2.75) is 83.4 Å². The molecule has 0 radical (unpaired) electrons. The van der Waals surface area contributed by atoms with Gasteiger partial charge in [-0.2, -0.15) is 0 Å². The van der Waals surface area contributed by atoms with Gasteiger partial charge in [0, 0.05) is 24.0 Å². The third-order valence-electron chi connectivity index (χ3n) is 6.78. The first-order valence-electron chi connectivity index (χ1n) is 9.10. The van der Waals surface area contributed by atoms with Gasteiger partial charge in [-0.1, -0.05) is 33.1 Å². The monoisotopic (exact) mass is 344 g/mol. The lowest BCUT2D eigenvalue weighted by Crippen LogP contribution is -2.82. The summed E-state index contributed by atoms with van der Waals surface area (Å²) in [5.41, 5.74) is 5.60. The number of nitrogens with one attached hydrogen (secondary N) is 1. The Hall–Kier alpha value is -0.320. The molecule has 4 atom stereocenters. The Labute approximate surface area is 146 Å². The van der Waals surface area contributed by atoms with Gasteiger partial charge in [0.1, 0.15) is 5.54 Å². The van der Waals surface area contributed by atoms with Crippen LogP contribution in [-0.2, 0) is 9.53 Å². The largest absolute Gasteiger partial charge is 0.377 e. The van der Waals surface area contributed by atoms with Gasteiger partial charge in [-0.25, -0.2) is 0 Å². The second kappa shape index (κ2) is 6.89. The summed E-state index contributed by atoms with van der Waals surface area (Å²) in [6.07, 6.45) is 8.56. The minimum atomic E-state index is -0.777. The number of nitrogens with two attached hydrogens (primary N) is 1. The summed E-state index contributed by atoms with van der Waals surface area (Å²) in [6.45, 7) is 7.13. The van der Waals surface area contributed by atoms with Crippen molar-refractivity contribution in [1.82, 2.24) is 5.32 Å². The third-order valence-corrected chi connectivity index (χ3v) is 6.78. The molecular formula is C18H33ClN2O2. The van der Waals surface area contributed by atoms with E-state index in [9.17, 15) is 4.79 Å². The van der Waals surface area contributed by atoms with Crippen LogP contribution in [0.2, 0.25) is 0 Å². The van der Waals surface area contributed by atoms with Gasteiger partial charge in [0.05, 0.1) is 6.10 Å². The van der Waals surface area contributed by atoms with E-state index < -0.39 is 5.54 Å². The van der Waals surface area contributed by atoms with Gasteiger partial charge >= 0.3 is 0 Å². The van der Waals surface area contributed by atoms with Crippen LogP contribution in [0.15, 0.2) is 0 Å². The molecule has 0 aromatic heterocycles. The van der Waals surface area contributed by atoms with Crippen LogP contribution in [0.3, 0.4) is 0 Å². The molecule has 4 unspecified atom stereocenters. The highest BCUT2D eigenvalue weighted by atomic mass is 35.5. The second-order valence-electron chi connectivity index (χ2n) is 8.29. The number of hydrogen-bond acceptors (Lipinski definition) is 3. The minimum absolute atomic E-state index is 0. The fourth-order valence-corrected chi connectivity index (χ4v) is 5.12. The summed E-state index contributed by atoms with van der Waals surface area (Å²) in [4.78, 5) is 13.0. The van der Waals surface area contributed by atoms with Gasteiger partial charge in [0.2, 0.25) is 5.91 Å². The summed E-state index contributed by atoms with van der Waals surface area (Å²) in [5.74, 6) is 0.833. The molecule has 1 saturated heterocycles. The van der Waals surface area contributed by atoms with E-state index in [1.807, 2.05) is 0 Å². The molecule has 2 saturated carbocycles. The quantitative estimate of drug-likeness (QED) is 0.827. The Bertz CT molecular complexity index is 437. The summed E-state index contributed by atoms with van der Waals surface area (Å²) in [7, 11) is 0. The smallest absolute Gasteiger partial charge is 0.241 e. The normalized spacial score (nSPS) is 37.7. The summed E-state index contributed by atoms with van der Waals surface area (Å²) in [6, 6.07) is 0.229. The van der Waals surface area contributed by atoms with Crippen molar-refractivity contribution in [2.75, 3.05) is 6.61 Å². The van der Waals surface area contributed by atoms with Gasteiger partial charge in [0.25, 0.3) is 0 Å². The van der Waals surface area contributed by atoms with Crippen molar-refractivity contribution < 1.29 is 9.53 Å². The van der Waals surface area contributed by atoms with Gasteiger partial charge in [-0.05, 0) is 38.5 Å². The van der Waals surface area contributed by atoms with E-state index in [2.05, 4.69) is 26.1 Å². The SMILES string of the molecule is CC(NC(=O)C1(N)C2CCCOC2C1(C)C)C1CCCCC1.Cl. The van der Waals surface area contributed by atoms with E-state index in [4.69, 9.17) is 10.5 Å². The number of ether oxygens (including phenoxy) is 1. The zero-order chi connectivity index (χ0) is 16.0. The van der Waals surface area contributed by atoms with Crippen LogP contribution in [0.1, 0.15) is 65.7 Å². The predicted molar refractivity (Wildman–Crippen MR) is 94.6 cm³/mol. The lowest BCUT2D eigenvalue weighted by atomic mass is 9.46. The van der Waals surface area contributed by atoms with E-state index in [0.717, 1.165) is 19.4 Å². The van der Waals surface area contributed by atoms with Crippen molar-refractivity contribution in [3.8, 4) is 0 Å². The predicted octanol–water partition coefficient (Wildman–Crippen LogP) is 3.03. The fourth-order valence-electron chi connectivity index (χ4n) is 5.12. The Morgan fingerprint density at radius 2 is 1.83 bits per heavy atom. The summed E-state index contributed by atoms with van der Waals surface area (Å²) in [5, 5.41) is 3.26. The molecule has 5 heteroatoms. The molecule has 134 valence electrons. The third kappa shape index (κ3) is 2.91.